The molecule has 0 spiro atoms. The van der Waals surface area contributed by atoms with E-state index in [1.807, 2.05) is 23.7 Å². The molecule has 0 atom stereocenters. The Morgan fingerprint density at radius 1 is 1.26 bits per heavy atom. The van der Waals surface area contributed by atoms with Crippen molar-refractivity contribution in [1.29, 1.82) is 0 Å². The second-order valence-electron chi connectivity index (χ2n) is 5.02. The molecule has 3 rings (SSSR count). The average molecular weight is 279 g/mol. The van der Waals surface area contributed by atoms with Crippen LogP contribution in [0.15, 0.2) is 0 Å². The zero-order valence-corrected chi connectivity index (χ0v) is 11.8. The molecule has 1 aromatic heterocycles. The van der Waals surface area contributed by atoms with Crippen molar-refractivity contribution >= 4 is 23.5 Å². The lowest BCUT2D eigenvalue weighted by molar-refractivity contribution is -0.118. The monoisotopic (exact) mass is 279 g/mol. The molecule has 6 heteroatoms. The highest BCUT2D eigenvalue weighted by Crippen LogP contribution is 2.24. The maximum atomic E-state index is 12.5. The largest absolute Gasteiger partial charge is 0.336 e. The molecular weight excluding hydrogens is 262 g/mol. The van der Waals surface area contributed by atoms with Gasteiger partial charge in [0.2, 0.25) is 0 Å². The second-order valence-corrected chi connectivity index (χ2v) is 6.24. The number of hydrogen-bond donors (Lipinski definition) is 0. The molecule has 0 saturated carbocycles. The molecule has 2 aliphatic rings. The summed E-state index contributed by atoms with van der Waals surface area (Å²) >= 11 is 1.87. The highest BCUT2D eigenvalue weighted by Gasteiger charge is 2.29. The molecular formula is C13H17N3O2S. The van der Waals surface area contributed by atoms with E-state index in [0.717, 1.165) is 35.9 Å². The number of ketones is 1. The van der Waals surface area contributed by atoms with E-state index in [4.69, 9.17) is 0 Å². The number of hydrogen-bond acceptors (Lipinski definition) is 4. The van der Waals surface area contributed by atoms with Crippen LogP contribution in [0.25, 0.3) is 0 Å². The van der Waals surface area contributed by atoms with E-state index in [1.54, 1.807) is 4.68 Å². The lowest BCUT2D eigenvalue weighted by Crippen LogP contribution is -2.38. The van der Waals surface area contributed by atoms with Crippen LogP contribution in [0.3, 0.4) is 0 Å². The fraction of sp³-hybridized carbons (Fsp3) is 0.615. The van der Waals surface area contributed by atoms with Crippen LogP contribution >= 0.6 is 11.8 Å². The Labute approximate surface area is 116 Å². The molecule has 1 aliphatic heterocycles. The summed E-state index contributed by atoms with van der Waals surface area (Å²) in [4.78, 5) is 26.0. The smallest absolute Gasteiger partial charge is 0.274 e. The number of rotatable bonds is 1. The van der Waals surface area contributed by atoms with E-state index >= 15 is 0 Å². The number of amides is 1. The molecule has 2 heterocycles. The fourth-order valence-electron chi connectivity index (χ4n) is 2.73. The van der Waals surface area contributed by atoms with E-state index in [-0.39, 0.29) is 11.7 Å². The first-order valence-corrected chi connectivity index (χ1v) is 7.76. The number of fused-ring (bicyclic) bond motifs is 1. The van der Waals surface area contributed by atoms with Crippen LogP contribution in [0.1, 0.15) is 28.2 Å². The Hall–Kier alpha value is -1.30. The number of thioether (sulfide) groups is 1. The maximum Gasteiger partial charge on any atom is 0.274 e. The van der Waals surface area contributed by atoms with Gasteiger partial charge in [0.25, 0.3) is 5.91 Å². The van der Waals surface area contributed by atoms with Crippen molar-refractivity contribution in [3.05, 3.63) is 17.0 Å². The van der Waals surface area contributed by atoms with Gasteiger partial charge in [-0.3, -0.25) is 14.3 Å². The van der Waals surface area contributed by atoms with Crippen molar-refractivity contribution < 1.29 is 9.59 Å². The lowest BCUT2D eigenvalue weighted by Gasteiger charge is -2.26. The minimum Gasteiger partial charge on any atom is -0.336 e. The van der Waals surface area contributed by atoms with E-state index in [0.29, 0.717) is 25.0 Å². The number of carbonyl (C=O) groups excluding carboxylic acids is 2. The summed E-state index contributed by atoms with van der Waals surface area (Å²) in [6, 6.07) is 0. The first-order valence-electron chi connectivity index (χ1n) is 6.60. The normalized spacial score (nSPS) is 19.4. The van der Waals surface area contributed by atoms with Crippen molar-refractivity contribution in [3.63, 3.8) is 0 Å². The van der Waals surface area contributed by atoms with Crippen molar-refractivity contribution in [1.82, 2.24) is 14.7 Å². The summed E-state index contributed by atoms with van der Waals surface area (Å²) in [6.07, 6.45) is 1.65. The van der Waals surface area contributed by atoms with Gasteiger partial charge in [-0.15, -0.1) is 0 Å². The Morgan fingerprint density at radius 3 is 2.74 bits per heavy atom. The first-order chi connectivity index (χ1) is 9.16. The number of carbonyl (C=O) groups is 2. The predicted molar refractivity (Wildman–Crippen MR) is 73.5 cm³/mol. The number of aromatic nitrogens is 2. The lowest BCUT2D eigenvalue weighted by atomic mass is 9.94. The number of Topliss-reactive ketones (excluding diaryl/α,β-unsaturated/α-hetero) is 1. The van der Waals surface area contributed by atoms with Gasteiger partial charge in [-0.2, -0.15) is 16.9 Å². The third-order valence-electron chi connectivity index (χ3n) is 3.79. The summed E-state index contributed by atoms with van der Waals surface area (Å²) in [7, 11) is 1.86. The van der Waals surface area contributed by atoms with Gasteiger partial charge < -0.3 is 4.90 Å². The van der Waals surface area contributed by atoms with E-state index in [1.165, 1.54) is 0 Å². The summed E-state index contributed by atoms with van der Waals surface area (Å²) in [6.45, 7) is 1.56. The zero-order valence-electron chi connectivity index (χ0n) is 11.0. The fourth-order valence-corrected chi connectivity index (χ4v) is 3.64. The van der Waals surface area contributed by atoms with Crippen LogP contribution < -0.4 is 0 Å². The summed E-state index contributed by atoms with van der Waals surface area (Å²) in [5.74, 6) is 2.18. The Morgan fingerprint density at radius 2 is 2.00 bits per heavy atom. The average Bonchev–Trinajstić information content (AvgIpc) is 2.75. The van der Waals surface area contributed by atoms with Crippen molar-refractivity contribution in [2.75, 3.05) is 24.6 Å². The van der Waals surface area contributed by atoms with Gasteiger partial charge in [-0.1, -0.05) is 0 Å². The molecule has 0 aromatic carbocycles. The van der Waals surface area contributed by atoms with E-state index in [9.17, 15) is 9.59 Å². The molecule has 5 nitrogen and oxygen atoms in total. The number of aryl methyl sites for hydroxylation is 1. The minimum atomic E-state index is -0.00755. The molecule has 0 N–H and O–H groups in total. The van der Waals surface area contributed by atoms with Gasteiger partial charge in [-0.25, -0.2) is 0 Å². The Balaban J connectivity index is 1.92. The SMILES string of the molecule is Cn1nc(C(=O)N2CCSCC2)c2c1CCC(=O)C2. The van der Waals surface area contributed by atoms with Gasteiger partial charge in [0.05, 0.1) is 0 Å². The van der Waals surface area contributed by atoms with Crippen molar-refractivity contribution in [2.24, 2.45) is 7.05 Å². The maximum absolute atomic E-state index is 12.5. The van der Waals surface area contributed by atoms with Gasteiger partial charge >= 0.3 is 0 Å². The molecule has 1 saturated heterocycles. The van der Waals surface area contributed by atoms with Gasteiger partial charge in [-0.05, 0) is 6.42 Å². The van der Waals surface area contributed by atoms with Crippen molar-refractivity contribution in [3.8, 4) is 0 Å². The molecule has 0 unspecified atom stereocenters. The summed E-state index contributed by atoms with van der Waals surface area (Å²) in [5.41, 5.74) is 2.41. The van der Waals surface area contributed by atoms with Crippen LogP contribution in [0.5, 0.6) is 0 Å². The molecule has 1 fully saturated rings. The topological polar surface area (TPSA) is 55.2 Å². The molecule has 102 valence electrons. The minimum absolute atomic E-state index is 0.00755. The van der Waals surface area contributed by atoms with Crippen LogP contribution in [0.2, 0.25) is 0 Å². The Kier molecular flexibility index (Phi) is 3.35. The third-order valence-corrected chi connectivity index (χ3v) is 4.73. The third kappa shape index (κ3) is 2.29. The van der Waals surface area contributed by atoms with Crippen molar-refractivity contribution in [2.45, 2.75) is 19.3 Å². The second kappa shape index (κ2) is 5.00. The standard InChI is InChI=1S/C13H17N3O2S/c1-15-11-3-2-9(17)8-10(11)12(14-15)13(18)16-4-6-19-7-5-16/h2-8H2,1H3. The Bertz CT molecular complexity index is 532. The summed E-state index contributed by atoms with van der Waals surface area (Å²) < 4.78 is 1.77. The van der Waals surface area contributed by atoms with Crippen LogP contribution in [-0.2, 0) is 24.7 Å². The molecule has 19 heavy (non-hydrogen) atoms. The van der Waals surface area contributed by atoms with Gasteiger partial charge in [0.15, 0.2) is 5.69 Å². The highest BCUT2D eigenvalue weighted by molar-refractivity contribution is 7.99. The van der Waals surface area contributed by atoms with Gasteiger partial charge in [0, 0.05) is 55.7 Å². The van der Waals surface area contributed by atoms with E-state index in [2.05, 4.69) is 5.10 Å². The van der Waals surface area contributed by atoms with Crippen LogP contribution in [0.4, 0.5) is 0 Å². The van der Waals surface area contributed by atoms with Crippen LogP contribution in [-0.4, -0.2) is 51.0 Å². The molecule has 1 aliphatic carbocycles. The first kappa shape index (κ1) is 12.7. The van der Waals surface area contributed by atoms with E-state index < -0.39 is 0 Å². The number of nitrogens with zero attached hydrogens (tertiary/aromatic N) is 3. The molecule has 1 amide bonds. The summed E-state index contributed by atoms with van der Waals surface area (Å²) in [5, 5.41) is 4.37. The predicted octanol–water partition coefficient (Wildman–Crippen LogP) is 0.667. The molecule has 0 radical (unpaired) electrons. The molecule has 0 bridgehead atoms. The molecule has 1 aromatic rings. The van der Waals surface area contributed by atoms with Crippen LogP contribution in [0, 0.1) is 0 Å². The van der Waals surface area contributed by atoms with Gasteiger partial charge in [0.1, 0.15) is 5.78 Å². The zero-order chi connectivity index (χ0) is 13.4. The quantitative estimate of drug-likeness (QED) is 0.758. The highest BCUT2D eigenvalue weighted by atomic mass is 32.2.